The summed E-state index contributed by atoms with van der Waals surface area (Å²) in [6, 6.07) is 14.4. The number of fused-ring (bicyclic) bond motifs is 1. The van der Waals surface area contributed by atoms with E-state index in [0.717, 1.165) is 22.0 Å². The highest BCUT2D eigenvalue weighted by molar-refractivity contribution is 7.18. The van der Waals surface area contributed by atoms with Gasteiger partial charge in [-0.05, 0) is 53.8 Å². The van der Waals surface area contributed by atoms with Crippen molar-refractivity contribution in [1.29, 1.82) is 0 Å². The van der Waals surface area contributed by atoms with Crippen LogP contribution in [-0.4, -0.2) is 46.0 Å². The Morgan fingerprint density at radius 3 is 2.48 bits per heavy atom. The summed E-state index contributed by atoms with van der Waals surface area (Å²) < 4.78 is 44.1. The highest BCUT2D eigenvalue weighted by atomic mass is 32.1. The summed E-state index contributed by atoms with van der Waals surface area (Å²) in [7, 11) is 0. The van der Waals surface area contributed by atoms with Crippen molar-refractivity contribution in [3.63, 3.8) is 0 Å². The molecule has 0 unspecified atom stereocenters. The molecule has 7 nitrogen and oxygen atoms in total. The Balaban J connectivity index is 1.30. The lowest BCUT2D eigenvalue weighted by Crippen LogP contribution is -2.41. The number of anilines is 2. The number of nitrogens with zero attached hydrogens (tertiary/aromatic N) is 3. The molecule has 1 saturated carbocycles. The fourth-order valence-corrected chi connectivity index (χ4v) is 5.39. The van der Waals surface area contributed by atoms with Crippen molar-refractivity contribution in [3.05, 3.63) is 65.2 Å². The van der Waals surface area contributed by atoms with Crippen LogP contribution >= 0.6 is 11.3 Å². The Hall–Kier alpha value is -3.73. The van der Waals surface area contributed by atoms with Crippen molar-refractivity contribution >= 4 is 39.0 Å². The average Bonchev–Trinajstić information content (AvgIpc) is 3.34. The van der Waals surface area contributed by atoms with E-state index in [1.54, 1.807) is 36.4 Å². The second-order valence-electron chi connectivity index (χ2n) is 11.1. The number of alkyl halides is 3. The third kappa shape index (κ3) is 6.35. The topological polar surface area (TPSA) is 89.0 Å². The molecule has 210 valence electrons. The molecule has 0 saturated heterocycles. The van der Waals surface area contributed by atoms with Crippen LogP contribution in [0.3, 0.4) is 0 Å². The van der Waals surface area contributed by atoms with Crippen molar-refractivity contribution in [2.75, 3.05) is 17.2 Å². The highest BCUT2D eigenvalue weighted by Gasteiger charge is 2.33. The van der Waals surface area contributed by atoms with E-state index in [-0.39, 0.29) is 23.5 Å². The van der Waals surface area contributed by atoms with Gasteiger partial charge in [-0.25, -0.2) is 9.78 Å². The largest absolute Gasteiger partial charge is 0.459 e. The van der Waals surface area contributed by atoms with Crippen LogP contribution in [0.15, 0.2) is 48.5 Å². The predicted octanol–water partition coefficient (Wildman–Crippen LogP) is 7.13. The maximum absolute atomic E-state index is 12.8. The van der Waals surface area contributed by atoms with Gasteiger partial charge in [0.2, 0.25) is 5.13 Å². The zero-order chi connectivity index (χ0) is 28.7. The molecule has 2 heterocycles. The smallest absolute Gasteiger partial charge is 0.405 e. The molecular formula is C29H30F3N5O2S. The number of nitrogens with one attached hydrogen (secondary N) is 2. The molecule has 1 aliphatic rings. The number of hydrogen-bond donors (Lipinski definition) is 2. The van der Waals surface area contributed by atoms with Crippen LogP contribution < -0.4 is 10.6 Å². The number of rotatable bonds is 7. The van der Waals surface area contributed by atoms with Crippen molar-refractivity contribution < 1.29 is 22.7 Å². The average molecular weight is 570 g/mol. The van der Waals surface area contributed by atoms with E-state index in [9.17, 15) is 18.0 Å². The van der Waals surface area contributed by atoms with Crippen LogP contribution in [0.4, 0.5) is 24.0 Å². The standard InChI is InChI=1S/C29H30F3N5O2S/c1-16-10-23(35-24-21(16)13-18(33-15-29(30,31)32)14-22(24)28(2,3)4)25-36-37-27(40-25)34-19-11-20(12-19)39-26(38)17-8-6-5-7-9-17/h5-10,13-14,19-20,33H,11-12,15H2,1-4H3,(H,34,37). The Kier molecular flexibility index (Phi) is 7.43. The monoisotopic (exact) mass is 569 g/mol. The summed E-state index contributed by atoms with van der Waals surface area (Å²) in [4.78, 5) is 17.1. The van der Waals surface area contributed by atoms with E-state index in [1.807, 2.05) is 39.8 Å². The molecule has 2 aromatic carbocycles. The number of ether oxygens (including phenoxy) is 1. The van der Waals surface area contributed by atoms with Gasteiger partial charge in [-0.15, -0.1) is 10.2 Å². The minimum absolute atomic E-state index is 0.121. The summed E-state index contributed by atoms with van der Waals surface area (Å²) in [5, 5.41) is 16.6. The van der Waals surface area contributed by atoms with Crippen LogP contribution in [-0.2, 0) is 10.2 Å². The van der Waals surface area contributed by atoms with Crippen molar-refractivity contribution in [2.45, 2.75) is 64.3 Å². The van der Waals surface area contributed by atoms with Gasteiger partial charge < -0.3 is 15.4 Å². The summed E-state index contributed by atoms with van der Waals surface area (Å²) in [6.45, 7) is 6.84. The van der Waals surface area contributed by atoms with Gasteiger partial charge in [-0.2, -0.15) is 13.2 Å². The Labute approximate surface area is 234 Å². The molecule has 0 atom stereocenters. The summed E-state index contributed by atoms with van der Waals surface area (Å²) >= 11 is 1.38. The van der Waals surface area contributed by atoms with Crippen molar-refractivity contribution in [3.8, 4) is 10.7 Å². The van der Waals surface area contributed by atoms with Gasteiger partial charge in [0.25, 0.3) is 0 Å². The molecule has 2 N–H and O–H groups in total. The zero-order valence-electron chi connectivity index (χ0n) is 22.6. The van der Waals surface area contributed by atoms with Crippen LogP contribution in [0.1, 0.15) is 55.1 Å². The Morgan fingerprint density at radius 1 is 1.07 bits per heavy atom. The van der Waals surface area contributed by atoms with Crippen LogP contribution in [0.25, 0.3) is 21.6 Å². The van der Waals surface area contributed by atoms with Crippen LogP contribution in [0.2, 0.25) is 0 Å². The number of hydrogen-bond acceptors (Lipinski definition) is 8. The summed E-state index contributed by atoms with van der Waals surface area (Å²) in [6.07, 6.45) is -3.10. The second-order valence-corrected chi connectivity index (χ2v) is 12.1. The minimum atomic E-state index is -4.31. The van der Waals surface area contributed by atoms with Gasteiger partial charge in [0.05, 0.1) is 11.1 Å². The van der Waals surface area contributed by atoms with E-state index in [4.69, 9.17) is 9.72 Å². The molecular weight excluding hydrogens is 539 g/mol. The number of carbonyl (C=O) groups excluding carboxylic acids is 1. The second kappa shape index (κ2) is 10.7. The lowest BCUT2D eigenvalue weighted by Gasteiger charge is -2.34. The van der Waals surface area contributed by atoms with Crippen molar-refractivity contribution in [2.24, 2.45) is 0 Å². The molecule has 4 aromatic rings. The molecule has 1 aliphatic carbocycles. The van der Waals surface area contributed by atoms with E-state index in [0.29, 0.717) is 39.9 Å². The predicted molar refractivity (Wildman–Crippen MR) is 151 cm³/mol. The van der Waals surface area contributed by atoms with E-state index >= 15 is 0 Å². The normalized spacial score (nSPS) is 17.4. The number of pyridine rings is 1. The maximum atomic E-state index is 12.8. The first-order valence-corrected chi connectivity index (χ1v) is 13.8. The molecule has 5 rings (SSSR count). The molecule has 0 amide bonds. The fraction of sp³-hybridized carbons (Fsp3) is 0.379. The molecule has 40 heavy (non-hydrogen) atoms. The number of aryl methyl sites for hydroxylation is 1. The number of halogens is 3. The fourth-order valence-electron chi connectivity index (χ4n) is 4.61. The van der Waals surface area contributed by atoms with Crippen molar-refractivity contribution in [1.82, 2.24) is 15.2 Å². The van der Waals surface area contributed by atoms with Gasteiger partial charge in [0, 0.05) is 30.0 Å². The first-order chi connectivity index (χ1) is 18.9. The molecule has 1 fully saturated rings. The third-order valence-electron chi connectivity index (χ3n) is 6.77. The SMILES string of the molecule is Cc1cc(-c2nnc(NC3CC(OC(=O)c4ccccc4)C3)s2)nc2c(C(C)(C)C)cc(NCC(F)(F)F)cc12. The lowest BCUT2D eigenvalue weighted by molar-refractivity contribution is -0.115. The quantitative estimate of drug-likeness (QED) is 0.229. The number of carbonyl (C=O) groups is 1. The maximum Gasteiger partial charge on any atom is 0.405 e. The van der Waals surface area contributed by atoms with Gasteiger partial charge in [0.15, 0.2) is 5.01 Å². The van der Waals surface area contributed by atoms with Gasteiger partial charge in [-0.3, -0.25) is 0 Å². The number of aromatic nitrogens is 3. The highest BCUT2D eigenvalue weighted by Crippen LogP contribution is 2.37. The van der Waals surface area contributed by atoms with E-state index in [1.165, 1.54) is 11.3 Å². The Bertz CT molecular complexity index is 1530. The summed E-state index contributed by atoms with van der Waals surface area (Å²) in [5.41, 5.74) is 3.69. The molecule has 2 aromatic heterocycles. The molecule has 11 heteroatoms. The molecule has 0 aliphatic heterocycles. The molecule has 0 bridgehead atoms. The van der Waals surface area contributed by atoms with Gasteiger partial charge in [0.1, 0.15) is 18.3 Å². The van der Waals surface area contributed by atoms with E-state index in [2.05, 4.69) is 20.8 Å². The Morgan fingerprint density at radius 2 is 1.80 bits per heavy atom. The lowest BCUT2D eigenvalue weighted by atomic mass is 9.84. The first kappa shape index (κ1) is 27.8. The number of esters is 1. The van der Waals surface area contributed by atoms with Gasteiger partial charge >= 0.3 is 12.1 Å². The first-order valence-electron chi connectivity index (χ1n) is 13.0. The van der Waals surface area contributed by atoms with E-state index < -0.39 is 12.7 Å². The van der Waals surface area contributed by atoms with Gasteiger partial charge in [-0.1, -0.05) is 50.3 Å². The minimum Gasteiger partial charge on any atom is -0.459 e. The number of benzene rings is 2. The zero-order valence-corrected chi connectivity index (χ0v) is 23.4. The third-order valence-corrected chi connectivity index (χ3v) is 7.65. The molecule has 0 spiro atoms. The summed E-state index contributed by atoms with van der Waals surface area (Å²) in [5.74, 6) is -0.321. The van der Waals surface area contributed by atoms with Crippen LogP contribution in [0.5, 0.6) is 0 Å². The molecule has 0 radical (unpaired) electrons. The van der Waals surface area contributed by atoms with Crippen LogP contribution in [0, 0.1) is 6.92 Å².